The largest absolute Gasteiger partial charge is 0.480 e. The van der Waals surface area contributed by atoms with Crippen LogP contribution in [0.15, 0.2) is 0 Å². The monoisotopic (exact) mass is 249 g/mol. The smallest absolute Gasteiger partial charge is 0.323 e. The van der Waals surface area contributed by atoms with E-state index in [1.807, 2.05) is 0 Å². The number of carboxylic acid groups (broad SMARTS) is 1. The molecule has 16 heavy (non-hydrogen) atoms. The van der Waals surface area contributed by atoms with Crippen LogP contribution in [0.4, 0.5) is 0 Å². The third kappa shape index (κ3) is 3.18. The number of sulfone groups is 1. The van der Waals surface area contributed by atoms with Gasteiger partial charge in [0.05, 0.1) is 5.75 Å². The molecule has 0 aromatic carbocycles. The normalized spacial score (nSPS) is 25.8. The van der Waals surface area contributed by atoms with Gasteiger partial charge < -0.3 is 10.4 Å². The van der Waals surface area contributed by atoms with E-state index >= 15 is 0 Å². The predicted molar refractivity (Wildman–Crippen MR) is 61.2 cm³/mol. The summed E-state index contributed by atoms with van der Waals surface area (Å²) in [6.45, 7) is 2.31. The zero-order chi connectivity index (χ0) is 12.2. The Hall–Kier alpha value is -0.620. The SMILES string of the molecule is CCS(=O)(=O)CCCC1(C(=O)O)CCCN1. The Morgan fingerprint density at radius 3 is 2.62 bits per heavy atom. The quantitative estimate of drug-likeness (QED) is 0.712. The molecule has 6 heteroatoms. The summed E-state index contributed by atoms with van der Waals surface area (Å²) in [6.07, 6.45) is 2.23. The molecule has 0 spiro atoms. The number of carboxylic acids is 1. The number of hydrogen-bond acceptors (Lipinski definition) is 4. The van der Waals surface area contributed by atoms with E-state index in [0.29, 0.717) is 25.8 Å². The maximum Gasteiger partial charge on any atom is 0.323 e. The van der Waals surface area contributed by atoms with Gasteiger partial charge in [0.15, 0.2) is 0 Å². The van der Waals surface area contributed by atoms with Crippen LogP contribution in [0.25, 0.3) is 0 Å². The maximum atomic E-state index is 11.3. The molecular formula is C10H19NO4S. The topological polar surface area (TPSA) is 83.5 Å². The van der Waals surface area contributed by atoms with Crippen LogP contribution in [0.2, 0.25) is 0 Å². The van der Waals surface area contributed by atoms with Crippen LogP contribution in [0.1, 0.15) is 32.6 Å². The molecule has 0 aromatic heterocycles. The van der Waals surface area contributed by atoms with Gasteiger partial charge in [-0.05, 0) is 32.2 Å². The van der Waals surface area contributed by atoms with E-state index in [2.05, 4.69) is 5.32 Å². The van der Waals surface area contributed by atoms with E-state index in [4.69, 9.17) is 5.11 Å². The fraction of sp³-hybridized carbons (Fsp3) is 0.900. The van der Waals surface area contributed by atoms with Gasteiger partial charge in [0.1, 0.15) is 15.4 Å². The lowest BCUT2D eigenvalue weighted by atomic mass is 9.92. The Morgan fingerprint density at radius 2 is 2.19 bits per heavy atom. The number of aliphatic carboxylic acids is 1. The van der Waals surface area contributed by atoms with Crippen LogP contribution in [-0.4, -0.2) is 43.1 Å². The average Bonchev–Trinajstić information content (AvgIpc) is 2.67. The molecule has 0 saturated carbocycles. The molecule has 1 atom stereocenters. The van der Waals surface area contributed by atoms with Gasteiger partial charge in [-0.25, -0.2) is 8.42 Å². The first-order chi connectivity index (χ1) is 7.42. The fourth-order valence-electron chi connectivity index (χ4n) is 2.05. The molecule has 1 unspecified atom stereocenters. The highest BCUT2D eigenvalue weighted by atomic mass is 32.2. The molecule has 94 valence electrons. The van der Waals surface area contributed by atoms with Crippen LogP contribution >= 0.6 is 0 Å². The second kappa shape index (κ2) is 5.14. The van der Waals surface area contributed by atoms with Crippen molar-refractivity contribution in [2.45, 2.75) is 38.1 Å². The van der Waals surface area contributed by atoms with Crippen LogP contribution in [0, 0.1) is 0 Å². The van der Waals surface area contributed by atoms with E-state index in [0.717, 1.165) is 6.42 Å². The van der Waals surface area contributed by atoms with Gasteiger partial charge in [0.25, 0.3) is 0 Å². The van der Waals surface area contributed by atoms with Crippen molar-refractivity contribution in [2.75, 3.05) is 18.1 Å². The lowest BCUT2D eigenvalue weighted by Crippen LogP contribution is -2.47. The summed E-state index contributed by atoms with van der Waals surface area (Å²) in [5.74, 6) is -0.653. The Bertz CT molecular complexity index is 344. The molecule has 1 aliphatic rings. The van der Waals surface area contributed by atoms with Gasteiger partial charge in [-0.1, -0.05) is 6.92 Å². The zero-order valence-electron chi connectivity index (χ0n) is 9.53. The van der Waals surface area contributed by atoms with Crippen molar-refractivity contribution in [1.82, 2.24) is 5.32 Å². The highest BCUT2D eigenvalue weighted by Gasteiger charge is 2.40. The van der Waals surface area contributed by atoms with Crippen molar-refractivity contribution in [1.29, 1.82) is 0 Å². The highest BCUT2D eigenvalue weighted by molar-refractivity contribution is 7.91. The van der Waals surface area contributed by atoms with Crippen molar-refractivity contribution in [3.63, 3.8) is 0 Å². The molecule has 0 bridgehead atoms. The Morgan fingerprint density at radius 1 is 1.50 bits per heavy atom. The van der Waals surface area contributed by atoms with E-state index in [-0.39, 0.29) is 11.5 Å². The third-order valence-corrected chi connectivity index (χ3v) is 4.94. The molecular weight excluding hydrogens is 230 g/mol. The van der Waals surface area contributed by atoms with E-state index < -0.39 is 21.3 Å². The van der Waals surface area contributed by atoms with Crippen molar-refractivity contribution in [3.05, 3.63) is 0 Å². The molecule has 1 fully saturated rings. The van der Waals surface area contributed by atoms with Crippen molar-refractivity contribution >= 4 is 15.8 Å². The first kappa shape index (κ1) is 13.4. The minimum absolute atomic E-state index is 0.0835. The van der Waals surface area contributed by atoms with Crippen molar-refractivity contribution in [3.8, 4) is 0 Å². The Kier molecular flexibility index (Phi) is 4.32. The zero-order valence-corrected chi connectivity index (χ0v) is 10.3. The Balaban J connectivity index is 2.49. The number of rotatable bonds is 6. The summed E-state index contributed by atoms with van der Waals surface area (Å²) >= 11 is 0. The van der Waals surface area contributed by atoms with E-state index in [9.17, 15) is 13.2 Å². The molecule has 5 nitrogen and oxygen atoms in total. The molecule has 0 aliphatic carbocycles. The van der Waals surface area contributed by atoms with Gasteiger partial charge in [-0.2, -0.15) is 0 Å². The third-order valence-electron chi connectivity index (χ3n) is 3.15. The summed E-state index contributed by atoms with van der Waals surface area (Å²) < 4.78 is 22.6. The second-order valence-corrected chi connectivity index (χ2v) is 6.73. The van der Waals surface area contributed by atoms with Crippen LogP contribution < -0.4 is 5.32 Å². The Labute approximate surface area is 96.1 Å². The molecule has 1 heterocycles. The van der Waals surface area contributed by atoms with E-state index in [1.165, 1.54) is 0 Å². The van der Waals surface area contributed by atoms with Gasteiger partial charge in [0, 0.05) is 5.75 Å². The molecule has 1 saturated heterocycles. The van der Waals surface area contributed by atoms with E-state index in [1.54, 1.807) is 6.92 Å². The number of carbonyl (C=O) groups is 1. The predicted octanol–water partition coefficient (Wildman–Crippen LogP) is 0.408. The summed E-state index contributed by atoms with van der Waals surface area (Å²) in [6, 6.07) is 0. The van der Waals surface area contributed by atoms with Gasteiger partial charge in [0.2, 0.25) is 0 Å². The van der Waals surface area contributed by atoms with Crippen molar-refractivity contribution in [2.24, 2.45) is 0 Å². The summed E-state index contributed by atoms with van der Waals surface area (Å²) in [5.41, 5.74) is -0.886. The first-order valence-electron chi connectivity index (χ1n) is 5.61. The molecule has 2 N–H and O–H groups in total. The lowest BCUT2D eigenvalue weighted by Gasteiger charge is -2.24. The lowest BCUT2D eigenvalue weighted by molar-refractivity contribution is -0.144. The van der Waals surface area contributed by atoms with Crippen LogP contribution in [-0.2, 0) is 14.6 Å². The number of hydrogen-bond donors (Lipinski definition) is 2. The van der Waals surface area contributed by atoms with Gasteiger partial charge in [-0.15, -0.1) is 0 Å². The summed E-state index contributed by atoms with van der Waals surface area (Å²) in [4.78, 5) is 11.1. The van der Waals surface area contributed by atoms with Gasteiger partial charge >= 0.3 is 5.97 Å². The fourth-order valence-corrected chi connectivity index (χ4v) is 2.92. The van der Waals surface area contributed by atoms with Gasteiger partial charge in [-0.3, -0.25) is 4.79 Å². The molecule has 0 radical (unpaired) electrons. The first-order valence-corrected chi connectivity index (χ1v) is 7.43. The maximum absolute atomic E-state index is 11.3. The minimum atomic E-state index is -2.98. The highest BCUT2D eigenvalue weighted by Crippen LogP contribution is 2.25. The second-order valence-electron chi connectivity index (χ2n) is 4.26. The van der Waals surface area contributed by atoms with Crippen LogP contribution in [0.3, 0.4) is 0 Å². The number of nitrogens with one attached hydrogen (secondary N) is 1. The summed E-state index contributed by atoms with van der Waals surface area (Å²) in [7, 11) is -2.98. The average molecular weight is 249 g/mol. The molecule has 0 aromatic rings. The minimum Gasteiger partial charge on any atom is -0.480 e. The molecule has 1 rings (SSSR count). The summed E-state index contributed by atoms with van der Waals surface area (Å²) in [5, 5.41) is 12.1. The molecule has 1 aliphatic heterocycles. The van der Waals surface area contributed by atoms with Crippen LogP contribution in [0.5, 0.6) is 0 Å². The standard InChI is InChI=1S/C10H19NO4S/c1-2-16(14,15)8-4-6-10(9(12)13)5-3-7-11-10/h11H,2-8H2,1H3,(H,12,13). The molecule has 0 amide bonds. The van der Waals surface area contributed by atoms with Crippen molar-refractivity contribution < 1.29 is 18.3 Å².